The molecule has 2 nitrogen and oxygen atoms in total. The lowest BCUT2D eigenvalue weighted by Crippen LogP contribution is -1.93. The van der Waals surface area contributed by atoms with Crippen molar-refractivity contribution in [2.75, 3.05) is 13.7 Å². The minimum absolute atomic E-state index is 0.494. The second-order valence-corrected chi connectivity index (χ2v) is 4.31. The molecule has 0 spiro atoms. The molecule has 0 amide bonds. The molecule has 0 aromatic heterocycles. The molecule has 2 rings (SSSR count). The molecule has 0 bridgehead atoms. The summed E-state index contributed by atoms with van der Waals surface area (Å²) in [6, 6.07) is 6.07. The maximum Gasteiger partial charge on any atom is 0.119 e. The Morgan fingerprint density at radius 1 is 1.57 bits per heavy atom. The fraction of sp³-hybridized carbons (Fsp3) is 0.455. The van der Waals surface area contributed by atoms with Gasteiger partial charge in [-0.05, 0) is 36.6 Å². The van der Waals surface area contributed by atoms with Gasteiger partial charge in [0, 0.05) is 4.47 Å². The number of hydrogen-bond acceptors (Lipinski definition) is 2. The van der Waals surface area contributed by atoms with Crippen LogP contribution in [0.1, 0.15) is 12.0 Å². The van der Waals surface area contributed by atoms with Crippen LogP contribution < -0.4 is 4.74 Å². The molecule has 0 radical (unpaired) electrons. The predicted molar refractivity (Wildman–Crippen MR) is 58.8 cm³/mol. The third-order valence-corrected chi connectivity index (χ3v) is 3.16. The zero-order valence-electron chi connectivity index (χ0n) is 8.13. The largest absolute Gasteiger partial charge is 0.497 e. The van der Waals surface area contributed by atoms with Gasteiger partial charge < -0.3 is 9.47 Å². The highest BCUT2D eigenvalue weighted by Gasteiger charge is 2.22. The molecule has 0 N–H and O–H groups in total. The van der Waals surface area contributed by atoms with E-state index in [-0.39, 0.29) is 0 Å². The highest BCUT2D eigenvalue weighted by Crippen LogP contribution is 2.25. The first-order chi connectivity index (χ1) is 6.79. The molecular formula is C11H13BrO2. The number of hydrogen-bond donors (Lipinski definition) is 0. The zero-order chi connectivity index (χ0) is 9.97. The molecule has 1 aromatic carbocycles. The van der Waals surface area contributed by atoms with Gasteiger partial charge in [0.25, 0.3) is 0 Å². The number of aryl methyl sites for hydroxylation is 1. The summed E-state index contributed by atoms with van der Waals surface area (Å²) in [6.07, 6.45) is 2.64. The lowest BCUT2D eigenvalue weighted by atomic mass is 10.1. The normalized spacial score (nSPS) is 19.4. The van der Waals surface area contributed by atoms with Crippen LogP contribution >= 0.6 is 15.9 Å². The van der Waals surface area contributed by atoms with Crippen LogP contribution in [-0.2, 0) is 11.2 Å². The van der Waals surface area contributed by atoms with E-state index in [0.29, 0.717) is 6.10 Å². The average Bonchev–Trinajstić information content (AvgIpc) is 3.00. The maximum atomic E-state index is 5.18. The fourth-order valence-electron chi connectivity index (χ4n) is 1.42. The van der Waals surface area contributed by atoms with Crippen molar-refractivity contribution in [2.45, 2.75) is 18.9 Å². The molecule has 76 valence electrons. The van der Waals surface area contributed by atoms with Gasteiger partial charge in [-0.1, -0.05) is 15.9 Å². The number of methoxy groups -OCH3 is 1. The molecule has 14 heavy (non-hydrogen) atoms. The van der Waals surface area contributed by atoms with E-state index in [2.05, 4.69) is 22.0 Å². The Balaban J connectivity index is 2.04. The molecule has 1 aromatic rings. The molecule has 0 saturated carbocycles. The molecule has 1 unspecified atom stereocenters. The van der Waals surface area contributed by atoms with Crippen molar-refractivity contribution in [1.82, 2.24) is 0 Å². The number of benzene rings is 1. The Hall–Kier alpha value is -0.540. The summed E-state index contributed by atoms with van der Waals surface area (Å²) in [5, 5.41) is 0. The Bertz CT molecular complexity index is 321. The molecule has 1 saturated heterocycles. The van der Waals surface area contributed by atoms with Crippen LogP contribution in [-0.4, -0.2) is 19.8 Å². The fourth-order valence-corrected chi connectivity index (χ4v) is 1.87. The first-order valence-corrected chi connectivity index (χ1v) is 5.53. The zero-order valence-corrected chi connectivity index (χ0v) is 9.71. The minimum atomic E-state index is 0.494. The second kappa shape index (κ2) is 4.32. The predicted octanol–water partition coefficient (Wildman–Crippen LogP) is 2.79. The van der Waals surface area contributed by atoms with Crippen LogP contribution in [0.15, 0.2) is 22.7 Å². The van der Waals surface area contributed by atoms with Gasteiger partial charge in [0.15, 0.2) is 0 Å². The van der Waals surface area contributed by atoms with Crippen molar-refractivity contribution >= 4 is 15.9 Å². The summed E-state index contributed by atoms with van der Waals surface area (Å²) in [6.45, 7) is 0.932. The van der Waals surface area contributed by atoms with Crippen molar-refractivity contribution in [1.29, 1.82) is 0 Å². The van der Waals surface area contributed by atoms with Crippen LogP contribution in [0.25, 0.3) is 0 Å². The third-order valence-electron chi connectivity index (χ3n) is 2.39. The van der Waals surface area contributed by atoms with Gasteiger partial charge in [-0.25, -0.2) is 0 Å². The van der Waals surface area contributed by atoms with Crippen molar-refractivity contribution in [3.63, 3.8) is 0 Å². The van der Waals surface area contributed by atoms with Crippen LogP contribution in [0.3, 0.4) is 0 Å². The third kappa shape index (κ3) is 2.49. The second-order valence-electron chi connectivity index (χ2n) is 3.45. The van der Waals surface area contributed by atoms with Gasteiger partial charge in [0.1, 0.15) is 5.75 Å². The van der Waals surface area contributed by atoms with Crippen molar-refractivity contribution in [3.05, 3.63) is 28.2 Å². The Labute approximate surface area is 92.3 Å². The lowest BCUT2D eigenvalue weighted by Gasteiger charge is -2.06. The van der Waals surface area contributed by atoms with Crippen LogP contribution in [0.2, 0.25) is 0 Å². The number of halogens is 1. The highest BCUT2D eigenvalue weighted by atomic mass is 79.9. The minimum Gasteiger partial charge on any atom is -0.497 e. The van der Waals surface area contributed by atoms with Crippen molar-refractivity contribution < 1.29 is 9.47 Å². The summed E-state index contributed by atoms with van der Waals surface area (Å²) in [7, 11) is 1.69. The van der Waals surface area contributed by atoms with Gasteiger partial charge in [-0.2, -0.15) is 0 Å². The van der Waals surface area contributed by atoms with E-state index < -0.39 is 0 Å². The van der Waals surface area contributed by atoms with E-state index in [4.69, 9.17) is 9.47 Å². The van der Waals surface area contributed by atoms with Crippen LogP contribution in [0, 0.1) is 0 Å². The van der Waals surface area contributed by atoms with Crippen molar-refractivity contribution in [2.24, 2.45) is 0 Å². The molecule has 0 aliphatic carbocycles. The van der Waals surface area contributed by atoms with Crippen LogP contribution in [0.5, 0.6) is 5.75 Å². The van der Waals surface area contributed by atoms with Gasteiger partial charge in [0.05, 0.1) is 19.8 Å². The first kappa shape index (κ1) is 9.99. The molecule has 1 aliphatic heterocycles. The number of epoxide rings is 1. The smallest absolute Gasteiger partial charge is 0.119 e. The summed E-state index contributed by atoms with van der Waals surface area (Å²) in [4.78, 5) is 0. The van der Waals surface area contributed by atoms with Gasteiger partial charge in [-0.3, -0.25) is 0 Å². The standard InChI is InChI=1S/C11H13BrO2/c1-13-9-4-5-11(12)8(6-9)2-3-10-7-14-10/h4-6,10H,2-3,7H2,1H3. The lowest BCUT2D eigenvalue weighted by molar-refractivity contribution is 0.395. The quantitative estimate of drug-likeness (QED) is 0.773. The van der Waals surface area contributed by atoms with E-state index in [1.54, 1.807) is 7.11 Å². The molecule has 1 heterocycles. The van der Waals surface area contributed by atoms with E-state index in [0.717, 1.165) is 29.7 Å². The summed E-state index contributed by atoms with van der Waals surface area (Å²) in [5.41, 5.74) is 1.29. The molecular weight excluding hydrogens is 244 g/mol. The molecule has 1 fully saturated rings. The monoisotopic (exact) mass is 256 g/mol. The number of rotatable bonds is 4. The van der Waals surface area contributed by atoms with Gasteiger partial charge >= 0.3 is 0 Å². The maximum absolute atomic E-state index is 5.18. The number of ether oxygens (including phenoxy) is 2. The van der Waals surface area contributed by atoms with Gasteiger partial charge in [-0.15, -0.1) is 0 Å². The SMILES string of the molecule is COc1ccc(Br)c(CCC2CO2)c1. The molecule has 1 atom stereocenters. The summed E-state index contributed by atoms with van der Waals surface area (Å²) < 4.78 is 11.5. The van der Waals surface area contributed by atoms with E-state index in [9.17, 15) is 0 Å². The molecule has 1 aliphatic rings. The Morgan fingerprint density at radius 3 is 3.00 bits per heavy atom. The van der Waals surface area contributed by atoms with E-state index >= 15 is 0 Å². The summed E-state index contributed by atoms with van der Waals surface area (Å²) in [5.74, 6) is 0.917. The average molecular weight is 257 g/mol. The first-order valence-electron chi connectivity index (χ1n) is 4.73. The van der Waals surface area contributed by atoms with Crippen LogP contribution in [0.4, 0.5) is 0 Å². The highest BCUT2D eigenvalue weighted by molar-refractivity contribution is 9.10. The van der Waals surface area contributed by atoms with E-state index in [1.807, 2.05) is 12.1 Å². The Kier molecular flexibility index (Phi) is 3.08. The van der Waals surface area contributed by atoms with Gasteiger partial charge in [0.2, 0.25) is 0 Å². The summed E-state index contributed by atoms with van der Waals surface area (Å²) >= 11 is 3.53. The topological polar surface area (TPSA) is 21.8 Å². The van der Waals surface area contributed by atoms with E-state index in [1.165, 1.54) is 5.56 Å². The Morgan fingerprint density at radius 2 is 2.36 bits per heavy atom. The van der Waals surface area contributed by atoms with Crippen molar-refractivity contribution in [3.8, 4) is 5.75 Å². The molecule has 3 heteroatoms.